The van der Waals surface area contributed by atoms with Gasteiger partial charge in [0.1, 0.15) is 11.6 Å². The highest BCUT2D eigenvalue weighted by molar-refractivity contribution is 5.96. The van der Waals surface area contributed by atoms with Gasteiger partial charge in [0, 0.05) is 5.56 Å². The third-order valence-corrected chi connectivity index (χ3v) is 2.89. The summed E-state index contributed by atoms with van der Waals surface area (Å²) in [5.74, 6) is -2.39. The quantitative estimate of drug-likeness (QED) is 0.619. The maximum atomic E-state index is 13.3. The first-order chi connectivity index (χ1) is 9.75. The van der Waals surface area contributed by atoms with Crippen molar-refractivity contribution in [2.24, 2.45) is 0 Å². The van der Waals surface area contributed by atoms with Gasteiger partial charge < -0.3 is 9.47 Å². The van der Waals surface area contributed by atoms with E-state index in [1.165, 1.54) is 18.2 Å². The van der Waals surface area contributed by atoms with Gasteiger partial charge in [-0.2, -0.15) is 13.2 Å². The molecule has 1 unspecified atom stereocenters. The van der Waals surface area contributed by atoms with Crippen LogP contribution in [0.5, 0.6) is 5.75 Å². The number of halogens is 4. The van der Waals surface area contributed by atoms with Gasteiger partial charge in [0.05, 0.1) is 18.2 Å². The maximum absolute atomic E-state index is 13.3. The monoisotopic (exact) mass is 302 g/mol. The van der Waals surface area contributed by atoms with E-state index < -0.39 is 29.6 Å². The number of para-hydroxylation sites is 1. The molecule has 1 atom stereocenters. The number of methoxy groups -OCH3 is 1. The lowest BCUT2D eigenvalue weighted by Gasteiger charge is -2.28. The summed E-state index contributed by atoms with van der Waals surface area (Å²) in [5, 5.41) is 0. The molecule has 0 aromatic heterocycles. The van der Waals surface area contributed by atoms with E-state index in [2.05, 4.69) is 11.3 Å². The molecule has 112 valence electrons. The second kappa shape index (κ2) is 5.23. The highest BCUT2D eigenvalue weighted by Gasteiger charge is 2.49. The maximum Gasteiger partial charge on any atom is 0.430 e. The Morgan fingerprint density at radius 3 is 2.57 bits per heavy atom. The second-order valence-electron chi connectivity index (χ2n) is 4.26. The average molecular weight is 302 g/mol. The van der Waals surface area contributed by atoms with Crippen molar-refractivity contribution >= 4 is 17.9 Å². The fourth-order valence-corrected chi connectivity index (χ4v) is 1.97. The standard InChI is InChI=1S/C14H10F4O3/c1-7(15)9-5-3-4-8-6-10(13(19)20-2)12(14(16,17)18)21-11(8)9/h3-6,12H,1H2,2H3. The number of alkyl halides is 3. The fraction of sp³-hybridized carbons (Fsp3) is 0.214. The molecule has 0 bridgehead atoms. The van der Waals surface area contributed by atoms with E-state index in [1.54, 1.807) is 0 Å². The zero-order valence-electron chi connectivity index (χ0n) is 10.8. The molecule has 0 N–H and O–H groups in total. The van der Waals surface area contributed by atoms with Gasteiger partial charge in [-0.15, -0.1) is 0 Å². The minimum Gasteiger partial charge on any atom is -0.475 e. The molecule has 2 rings (SSSR count). The highest BCUT2D eigenvalue weighted by Crippen LogP contribution is 2.41. The van der Waals surface area contributed by atoms with Crippen LogP contribution < -0.4 is 4.74 Å². The summed E-state index contributed by atoms with van der Waals surface area (Å²) in [6.45, 7) is 3.05. The van der Waals surface area contributed by atoms with Crippen molar-refractivity contribution in [2.45, 2.75) is 12.3 Å². The Morgan fingerprint density at radius 1 is 1.38 bits per heavy atom. The Balaban J connectivity index is 2.62. The first-order valence-corrected chi connectivity index (χ1v) is 5.76. The second-order valence-corrected chi connectivity index (χ2v) is 4.26. The molecule has 0 saturated carbocycles. The van der Waals surface area contributed by atoms with Gasteiger partial charge in [0.15, 0.2) is 0 Å². The van der Waals surface area contributed by atoms with Gasteiger partial charge in [-0.1, -0.05) is 18.7 Å². The van der Waals surface area contributed by atoms with Crippen molar-refractivity contribution in [3.05, 3.63) is 41.5 Å². The molecule has 1 heterocycles. The third-order valence-electron chi connectivity index (χ3n) is 2.89. The first-order valence-electron chi connectivity index (χ1n) is 5.76. The van der Waals surface area contributed by atoms with Crippen LogP contribution in [0.1, 0.15) is 11.1 Å². The molecule has 1 aliphatic rings. The smallest absolute Gasteiger partial charge is 0.430 e. The minimum atomic E-state index is -4.84. The van der Waals surface area contributed by atoms with Crippen LogP contribution in [0.15, 0.2) is 30.4 Å². The normalized spacial score (nSPS) is 17.4. The summed E-state index contributed by atoms with van der Waals surface area (Å²) in [6, 6.07) is 4.06. The van der Waals surface area contributed by atoms with Crippen LogP contribution in [0.2, 0.25) is 0 Å². The van der Waals surface area contributed by atoms with Crippen LogP contribution in [0.4, 0.5) is 17.6 Å². The van der Waals surface area contributed by atoms with E-state index in [0.717, 1.165) is 13.2 Å². The number of carbonyl (C=O) groups excluding carboxylic acids is 1. The van der Waals surface area contributed by atoms with Crippen LogP contribution in [0.3, 0.4) is 0 Å². The first kappa shape index (κ1) is 15.1. The number of carbonyl (C=O) groups is 1. The molecule has 0 spiro atoms. The summed E-state index contributed by atoms with van der Waals surface area (Å²) in [7, 11) is 0.964. The van der Waals surface area contributed by atoms with E-state index in [4.69, 9.17) is 4.74 Å². The van der Waals surface area contributed by atoms with Gasteiger partial charge in [0.2, 0.25) is 6.10 Å². The number of hydrogen-bond donors (Lipinski definition) is 0. The van der Waals surface area contributed by atoms with E-state index in [-0.39, 0.29) is 16.9 Å². The lowest BCUT2D eigenvalue weighted by atomic mass is 9.98. The predicted octanol–water partition coefficient (Wildman–Crippen LogP) is 3.51. The summed E-state index contributed by atoms with van der Waals surface area (Å²) in [5.41, 5.74) is -0.742. The zero-order valence-corrected chi connectivity index (χ0v) is 10.8. The number of esters is 1. The Labute approximate surface area is 117 Å². The van der Waals surface area contributed by atoms with E-state index in [0.29, 0.717) is 0 Å². The molecule has 1 aromatic carbocycles. The number of rotatable bonds is 2. The Bertz CT molecular complexity index is 632. The van der Waals surface area contributed by atoms with Crippen molar-refractivity contribution in [1.82, 2.24) is 0 Å². The average Bonchev–Trinajstić information content (AvgIpc) is 2.43. The number of benzene rings is 1. The van der Waals surface area contributed by atoms with Gasteiger partial charge in [-0.3, -0.25) is 0 Å². The van der Waals surface area contributed by atoms with E-state index >= 15 is 0 Å². The fourth-order valence-electron chi connectivity index (χ4n) is 1.97. The van der Waals surface area contributed by atoms with Crippen molar-refractivity contribution in [2.75, 3.05) is 7.11 Å². The number of hydrogen-bond acceptors (Lipinski definition) is 3. The van der Waals surface area contributed by atoms with Gasteiger partial charge in [-0.05, 0) is 12.1 Å². The molecule has 0 radical (unpaired) electrons. The minimum absolute atomic E-state index is 0.146. The number of ether oxygens (including phenoxy) is 2. The molecule has 0 saturated heterocycles. The summed E-state index contributed by atoms with van der Waals surface area (Å²) in [6.07, 6.45) is -6.38. The van der Waals surface area contributed by atoms with Gasteiger partial charge in [0.25, 0.3) is 0 Å². The van der Waals surface area contributed by atoms with Crippen LogP contribution in [0.25, 0.3) is 11.9 Å². The molecule has 7 heteroatoms. The summed E-state index contributed by atoms with van der Waals surface area (Å²) >= 11 is 0. The SMILES string of the molecule is C=C(F)c1cccc2c1OC(C(F)(F)F)C(C(=O)OC)=C2. The van der Waals surface area contributed by atoms with E-state index in [9.17, 15) is 22.4 Å². The van der Waals surface area contributed by atoms with Gasteiger partial charge in [-0.25, -0.2) is 9.18 Å². The Morgan fingerprint density at radius 2 is 2.05 bits per heavy atom. The van der Waals surface area contributed by atoms with E-state index in [1.807, 2.05) is 0 Å². The molecular weight excluding hydrogens is 292 g/mol. The predicted molar refractivity (Wildman–Crippen MR) is 67.0 cm³/mol. The topological polar surface area (TPSA) is 35.5 Å². The lowest BCUT2D eigenvalue weighted by molar-refractivity contribution is -0.187. The summed E-state index contributed by atoms with van der Waals surface area (Å²) in [4.78, 5) is 11.5. The van der Waals surface area contributed by atoms with Crippen molar-refractivity contribution in [1.29, 1.82) is 0 Å². The van der Waals surface area contributed by atoms with Crippen LogP contribution >= 0.6 is 0 Å². The molecule has 21 heavy (non-hydrogen) atoms. The van der Waals surface area contributed by atoms with Crippen LogP contribution in [-0.2, 0) is 9.53 Å². The molecular formula is C14H10F4O3. The number of fused-ring (bicyclic) bond motifs is 1. The largest absolute Gasteiger partial charge is 0.475 e. The molecule has 0 amide bonds. The van der Waals surface area contributed by atoms with Crippen LogP contribution in [0, 0.1) is 0 Å². The Hall–Kier alpha value is -2.31. The third kappa shape index (κ3) is 2.76. The highest BCUT2D eigenvalue weighted by atomic mass is 19.4. The molecule has 1 aliphatic heterocycles. The van der Waals surface area contributed by atoms with Crippen molar-refractivity contribution in [3.8, 4) is 5.75 Å². The van der Waals surface area contributed by atoms with Crippen molar-refractivity contribution in [3.63, 3.8) is 0 Å². The van der Waals surface area contributed by atoms with Gasteiger partial charge >= 0.3 is 12.1 Å². The van der Waals surface area contributed by atoms with Crippen molar-refractivity contribution < 1.29 is 31.8 Å². The zero-order chi connectivity index (χ0) is 15.8. The molecule has 1 aromatic rings. The molecule has 3 nitrogen and oxygen atoms in total. The summed E-state index contributed by atoms with van der Waals surface area (Å²) < 4.78 is 61.5. The van der Waals surface area contributed by atoms with Crippen LogP contribution in [-0.4, -0.2) is 25.4 Å². The lowest BCUT2D eigenvalue weighted by Crippen LogP contribution is -2.40. The Kier molecular flexibility index (Phi) is 3.76. The molecule has 0 fully saturated rings. The molecule has 0 aliphatic carbocycles.